The average molecular weight is 272 g/mol. The Morgan fingerprint density at radius 2 is 1.68 bits per heavy atom. The second-order valence-electron chi connectivity index (χ2n) is 6.17. The van der Waals surface area contributed by atoms with Crippen LogP contribution in [0, 0.1) is 11.3 Å². The summed E-state index contributed by atoms with van der Waals surface area (Å²) in [5.74, 6) is -0.192. The summed E-state index contributed by atoms with van der Waals surface area (Å²) in [7, 11) is 0. The van der Waals surface area contributed by atoms with Crippen molar-refractivity contribution in [3.8, 4) is 0 Å². The Labute approximate surface area is 116 Å². The summed E-state index contributed by atoms with van der Waals surface area (Å²) in [6, 6.07) is -0.144. The van der Waals surface area contributed by atoms with Crippen LogP contribution in [0.1, 0.15) is 53.4 Å². The molecule has 0 radical (unpaired) electrons. The Morgan fingerprint density at radius 3 is 2.21 bits per heavy atom. The van der Waals surface area contributed by atoms with E-state index in [4.69, 9.17) is 5.11 Å². The molecular weight excluding hydrogens is 244 g/mol. The van der Waals surface area contributed by atoms with Crippen LogP contribution in [0.4, 0.5) is 4.79 Å². The predicted molar refractivity (Wildman–Crippen MR) is 76.1 cm³/mol. The first-order valence-corrected chi connectivity index (χ1v) is 6.96. The topological polar surface area (TPSA) is 78.4 Å². The minimum Gasteiger partial charge on any atom is -0.481 e. The van der Waals surface area contributed by atoms with Crippen LogP contribution in [0.15, 0.2) is 0 Å². The van der Waals surface area contributed by atoms with Crippen LogP contribution < -0.4 is 10.6 Å². The number of urea groups is 1. The van der Waals surface area contributed by atoms with E-state index in [0.29, 0.717) is 25.4 Å². The quantitative estimate of drug-likeness (QED) is 0.603. The van der Waals surface area contributed by atoms with E-state index in [9.17, 15) is 9.59 Å². The Bertz CT molecular complexity index is 288. The molecule has 0 aromatic carbocycles. The zero-order valence-corrected chi connectivity index (χ0v) is 12.6. The number of hydrogen-bond acceptors (Lipinski definition) is 2. The van der Waals surface area contributed by atoms with Crippen molar-refractivity contribution in [2.24, 2.45) is 11.3 Å². The smallest absolute Gasteiger partial charge is 0.314 e. The monoisotopic (exact) mass is 272 g/mol. The molecule has 5 heteroatoms. The van der Waals surface area contributed by atoms with Crippen molar-refractivity contribution >= 4 is 12.0 Å². The van der Waals surface area contributed by atoms with Crippen molar-refractivity contribution in [3.63, 3.8) is 0 Å². The summed E-state index contributed by atoms with van der Waals surface area (Å²) in [5, 5.41) is 14.3. The summed E-state index contributed by atoms with van der Waals surface area (Å²) >= 11 is 0. The van der Waals surface area contributed by atoms with Crippen molar-refractivity contribution in [2.45, 2.75) is 53.4 Å². The van der Waals surface area contributed by atoms with Gasteiger partial charge in [-0.15, -0.1) is 0 Å². The third kappa shape index (κ3) is 11.6. The lowest BCUT2D eigenvalue weighted by Gasteiger charge is -2.23. The maximum absolute atomic E-state index is 11.5. The zero-order valence-electron chi connectivity index (χ0n) is 12.6. The molecule has 0 bridgehead atoms. The van der Waals surface area contributed by atoms with Crippen molar-refractivity contribution in [3.05, 3.63) is 0 Å². The molecule has 2 amide bonds. The second kappa shape index (κ2) is 8.77. The van der Waals surface area contributed by atoms with Crippen molar-refractivity contribution in [1.29, 1.82) is 0 Å². The van der Waals surface area contributed by atoms with Crippen LogP contribution in [0.5, 0.6) is 0 Å². The number of nitrogens with one attached hydrogen (secondary N) is 2. The first-order chi connectivity index (χ1) is 8.73. The molecule has 0 aliphatic rings. The first kappa shape index (κ1) is 17.7. The lowest BCUT2D eigenvalue weighted by molar-refractivity contribution is -0.137. The molecule has 19 heavy (non-hydrogen) atoms. The molecule has 3 N–H and O–H groups in total. The van der Waals surface area contributed by atoms with Gasteiger partial charge in [0.15, 0.2) is 0 Å². The van der Waals surface area contributed by atoms with Gasteiger partial charge in [0.1, 0.15) is 0 Å². The molecule has 0 aromatic rings. The molecule has 0 spiro atoms. The fourth-order valence-corrected chi connectivity index (χ4v) is 1.62. The van der Waals surface area contributed by atoms with Gasteiger partial charge in [0.25, 0.3) is 0 Å². The number of aliphatic carboxylic acids is 1. The van der Waals surface area contributed by atoms with Gasteiger partial charge in [-0.25, -0.2) is 4.79 Å². The molecule has 0 rings (SSSR count). The van der Waals surface area contributed by atoms with Crippen molar-refractivity contribution in [1.82, 2.24) is 10.6 Å². The molecule has 5 nitrogen and oxygen atoms in total. The highest BCUT2D eigenvalue weighted by molar-refractivity contribution is 5.73. The minimum atomic E-state index is -0.771. The second-order valence-corrected chi connectivity index (χ2v) is 6.17. The van der Waals surface area contributed by atoms with E-state index in [1.165, 1.54) is 0 Å². The Kier molecular flexibility index (Phi) is 8.19. The number of carbonyl (C=O) groups excluding carboxylic acids is 1. The maximum atomic E-state index is 11.5. The van der Waals surface area contributed by atoms with E-state index in [2.05, 4.69) is 24.5 Å². The van der Waals surface area contributed by atoms with Gasteiger partial charge in [-0.2, -0.15) is 0 Å². The Hall–Kier alpha value is -1.26. The van der Waals surface area contributed by atoms with Gasteiger partial charge in [-0.1, -0.05) is 27.7 Å². The highest BCUT2D eigenvalue weighted by atomic mass is 16.4. The van der Waals surface area contributed by atoms with E-state index < -0.39 is 5.97 Å². The molecule has 0 atom stereocenters. The molecule has 0 fully saturated rings. The van der Waals surface area contributed by atoms with E-state index in [-0.39, 0.29) is 17.9 Å². The third-order valence-corrected chi connectivity index (χ3v) is 3.11. The minimum absolute atomic E-state index is 0.0659. The summed E-state index contributed by atoms with van der Waals surface area (Å²) in [6.45, 7) is 9.53. The Balaban J connectivity index is 3.70. The van der Waals surface area contributed by atoms with Crippen LogP contribution in [-0.4, -0.2) is 30.2 Å². The van der Waals surface area contributed by atoms with E-state index in [1.54, 1.807) is 0 Å². The van der Waals surface area contributed by atoms with Crippen molar-refractivity contribution < 1.29 is 14.7 Å². The van der Waals surface area contributed by atoms with Gasteiger partial charge >= 0.3 is 12.0 Å². The van der Waals surface area contributed by atoms with Gasteiger partial charge in [-0.05, 0) is 30.6 Å². The van der Waals surface area contributed by atoms with Crippen LogP contribution in [0.2, 0.25) is 0 Å². The maximum Gasteiger partial charge on any atom is 0.314 e. The van der Waals surface area contributed by atoms with Crippen LogP contribution in [0.25, 0.3) is 0 Å². The Morgan fingerprint density at radius 1 is 1.11 bits per heavy atom. The molecule has 0 aliphatic carbocycles. The fraction of sp³-hybridized carbons (Fsp3) is 0.857. The van der Waals surface area contributed by atoms with Gasteiger partial charge in [0.2, 0.25) is 0 Å². The van der Waals surface area contributed by atoms with Crippen molar-refractivity contribution in [2.75, 3.05) is 13.1 Å². The van der Waals surface area contributed by atoms with Gasteiger partial charge < -0.3 is 15.7 Å². The van der Waals surface area contributed by atoms with Gasteiger partial charge in [0.05, 0.1) is 0 Å². The largest absolute Gasteiger partial charge is 0.481 e. The highest BCUT2D eigenvalue weighted by Crippen LogP contribution is 2.25. The lowest BCUT2D eigenvalue weighted by Crippen LogP contribution is -2.38. The number of hydrogen-bond donors (Lipinski definition) is 3. The SMILES string of the molecule is CC(C)CCNC(=O)NCCC(C)(C)CCC(=O)O. The third-order valence-electron chi connectivity index (χ3n) is 3.11. The summed E-state index contributed by atoms with van der Waals surface area (Å²) < 4.78 is 0. The molecule has 0 heterocycles. The van der Waals surface area contributed by atoms with E-state index in [1.807, 2.05) is 13.8 Å². The standard InChI is InChI=1S/C14H28N2O3/c1-11(2)6-9-15-13(19)16-10-8-14(3,4)7-5-12(17)18/h11H,5-10H2,1-4H3,(H,17,18)(H2,15,16,19). The van der Waals surface area contributed by atoms with E-state index in [0.717, 1.165) is 12.8 Å². The summed E-state index contributed by atoms with van der Waals surface area (Å²) in [4.78, 5) is 22.0. The lowest BCUT2D eigenvalue weighted by atomic mass is 9.84. The number of carbonyl (C=O) groups is 2. The highest BCUT2D eigenvalue weighted by Gasteiger charge is 2.19. The summed E-state index contributed by atoms with van der Waals surface area (Å²) in [6.07, 6.45) is 2.54. The molecule has 0 aliphatic heterocycles. The predicted octanol–water partition coefficient (Wildman–Crippen LogP) is 2.61. The molecular formula is C14H28N2O3. The number of rotatable bonds is 9. The van der Waals surface area contributed by atoms with Crippen LogP contribution in [-0.2, 0) is 4.79 Å². The number of carboxylic acids is 1. The molecule has 0 unspecified atom stereocenters. The molecule has 0 saturated heterocycles. The normalized spacial score (nSPS) is 11.4. The molecule has 0 saturated carbocycles. The van der Waals surface area contributed by atoms with Gasteiger partial charge in [-0.3, -0.25) is 4.79 Å². The first-order valence-electron chi connectivity index (χ1n) is 6.96. The molecule has 112 valence electrons. The summed E-state index contributed by atoms with van der Waals surface area (Å²) in [5.41, 5.74) is -0.0659. The van der Waals surface area contributed by atoms with Crippen LogP contribution in [0.3, 0.4) is 0 Å². The fourth-order valence-electron chi connectivity index (χ4n) is 1.62. The van der Waals surface area contributed by atoms with Crippen LogP contribution >= 0.6 is 0 Å². The average Bonchev–Trinajstić information content (AvgIpc) is 2.26. The molecule has 0 aromatic heterocycles. The number of carboxylic acid groups (broad SMARTS) is 1. The zero-order chi connectivity index (χ0) is 14.9. The number of amides is 2. The van der Waals surface area contributed by atoms with E-state index >= 15 is 0 Å². The van der Waals surface area contributed by atoms with Gasteiger partial charge in [0, 0.05) is 19.5 Å².